The molecular weight excluding hydrogens is 560 g/mol. The molecule has 3 aliphatic rings. The number of ether oxygens (including phenoxy) is 3. The molecule has 0 N–H and O–H groups in total. The highest BCUT2D eigenvalue weighted by atomic mass is 19.2. The summed E-state index contributed by atoms with van der Waals surface area (Å²) < 4.78 is 74.4. The third kappa shape index (κ3) is 7.15. The lowest BCUT2D eigenvalue weighted by molar-refractivity contribution is -0.157. The Morgan fingerprint density at radius 2 is 1.02 bits per heavy atom. The lowest BCUT2D eigenvalue weighted by atomic mass is 9.68. The average molecular weight is 605 g/mol. The van der Waals surface area contributed by atoms with Gasteiger partial charge in [-0.3, -0.25) is 4.79 Å². The fourth-order valence-electron chi connectivity index (χ4n) is 7.74. The molecule has 8 heteroatoms. The number of hydrogen-bond acceptors (Lipinski definition) is 4. The van der Waals surface area contributed by atoms with Gasteiger partial charge in [0.2, 0.25) is 11.6 Å². The highest BCUT2D eigenvalue weighted by Crippen LogP contribution is 2.45. The van der Waals surface area contributed by atoms with Crippen molar-refractivity contribution in [1.29, 1.82) is 0 Å². The molecule has 4 nitrogen and oxygen atoms in total. The first-order chi connectivity index (χ1) is 20.8. The van der Waals surface area contributed by atoms with Crippen LogP contribution in [0.5, 0.6) is 11.5 Å². The molecule has 0 saturated heterocycles. The summed E-state index contributed by atoms with van der Waals surface area (Å²) in [5.41, 5.74) is 0.825. The van der Waals surface area contributed by atoms with Crippen molar-refractivity contribution in [2.45, 2.75) is 109 Å². The first kappa shape index (κ1) is 31.6. The van der Waals surface area contributed by atoms with Gasteiger partial charge in [-0.1, -0.05) is 12.1 Å². The molecular formula is C35H44F4O4. The number of carbonyl (C=O) groups excluding carboxylic acids is 1. The predicted molar refractivity (Wildman–Crippen MR) is 156 cm³/mol. The molecule has 3 saturated carbocycles. The smallest absolute Gasteiger partial charge is 0.309 e. The highest BCUT2D eigenvalue weighted by Gasteiger charge is 2.36. The van der Waals surface area contributed by atoms with Crippen LogP contribution in [0.4, 0.5) is 17.6 Å². The molecule has 0 amide bonds. The molecule has 3 aliphatic carbocycles. The summed E-state index contributed by atoms with van der Waals surface area (Å²) >= 11 is 0. The summed E-state index contributed by atoms with van der Waals surface area (Å²) in [4.78, 5) is 13.0. The van der Waals surface area contributed by atoms with Crippen molar-refractivity contribution in [3.8, 4) is 11.5 Å². The van der Waals surface area contributed by atoms with Gasteiger partial charge in [0.15, 0.2) is 23.1 Å². The zero-order valence-electron chi connectivity index (χ0n) is 25.3. The van der Waals surface area contributed by atoms with Gasteiger partial charge < -0.3 is 14.2 Å². The zero-order chi connectivity index (χ0) is 30.5. The SMILES string of the molecule is CCOc1ccc(C2CCC(OC(=O)C3CCC(C4CCC(c5ccc(OCC)c(F)c5F)CC4)CC3)CC2)c(F)c1F. The van der Waals surface area contributed by atoms with Gasteiger partial charge in [0, 0.05) is 0 Å². The lowest BCUT2D eigenvalue weighted by Gasteiger charge is -2.38. The first-order valence-corrected chi connectivity index (χ1v) is 16.2. The van der Waals surface area contributed by atoms with E-state index in [0.29, 0.717) is 55.3 Å². The normalized spacial score (nSPS) is 27.9. The summed E-state index contributed by atoms with van der Waals surface area (Å²) in [6.07, 6.45) is 9.64. The van der Waals surface area contributed by atoms with E-state index < -0.39 is 23.3 Å². The molecule has 0 aliphatic heterocycles. The van der Waals surface area contributed by atoms with Crippen molar-refractivity contribution in [3.05, 3.63) is 58.7 Å². The standard InChI is InChI=1S/C35H44F4O4/c1-3-41-29-19-17-27(31(36)33(29)38)23-9-5-21(6-10-23)22-7-11-25(12-8-22)35(40)43-26-15-13-24(14-16-26)28-18-20-30(42-4-2)34(39)32(28)37/h17-26H,3-16H2,1-2H3. The molecule has 5 rings (SSSR count). The Morgan fingerprint density at radius 1 is 0.605 bits per heavy atom. The van der Waals surface area contributed by atoms with Gasteiger partial charge in [0.05, 0.1) is 19.1 Å². The van der Waals surface area contributed by atoms with Crippen LogP contribution in [0.25, 0.3) is 0 Å². The van der Waals surface area contributed by atoms with E-state index in [-0.39, 0.29) is 47.9 Å². The number of halogens is 4. The highest BCUT2D eigenvalue weighted by molar-refractivity contribution is 5.72. The van der Waals surface area contributed by atoms with Crippen LogP contribution in [0, 0.1) is 41.0 Å². The molecule has 0 atom stereocenters. The number of carbonyl (C=O) groups is 1. The van der Waals surface area contributed by atoms with Crippen LogP contribution in [0.3, 0.4) is 0 Å². The summed E-state index contributed by atoms with van der Waals surface area (Å²) in [5.74, 6) is -2.75. The van der Waals surface area contributed by atoms with Crippen LogP contribution in [0.2, 0.25) is 0 Å². The van der Waals surface area contributed by atoms with E-state index in [1.54, 1.807) is 26.0 Å². The van der Waals surface area contributed by atoms with E-state index in [2.05, 4.69) is 0 Å². The van der Waals surface area contributed by atoms with Gasteiger partial charge >= 0.3 is 5.97 Å². The molecule has 0 spiro atoms. The van der Waals surface area contributed by atoms with Gasteiger partial charge in [-0.25, -0.2) is 8.78 Å². The minimum Gasteiger partial charge on any atom is -0.491 e. The molecule has 43 heavy (non-hydrogen) atoms. The number of esters is 1. The van der Waals surface area contributed by atoms with Gasteiger partial charge in [-0.05, 0) is 138 Å². The third-order valence-corrected chi connectivity index (χ3v) is 10.1. The van der Waals surface area contributed by atoms with Crippen molar-refractivity contribution >= 4 is 5.97 Å². The molecule has 3 fully saturated rings. The van der Waals surface area contributed by atoms with Crippen LogP contribution in [0.1, 0.15) is 114 Å². The largest absolute Gasteiger partial charge is 0.491 e. The van der Waals surface area contributed by atoms with Crippen LogP contribution in [0.15, 0.2) is 24.3 Å². The van der Waals surface area contributed by atoms with Gasteiger partial charge in [-0.15, -0.1) is 0 Å². The maximum absolute atomic E-state index is 14.7. The van der Waals surface area contributed by atoms with E-state index in [4.69, 9.17) is 14.2 Å². The maximum atomic E-state index is 14.7. The van der Waals surface area contributed by atoms with E-state index in [1.165, 1.54) is 12.1 Å². The molecule has 2 aromatic rings. The van der Waals surface area contributed by atoms with Crippen LogP contribution in [-0.2, 0) is 9.53 Å². The second-order valence-corrected chi connectivity index (χ2v) is 12.6. The molecule has 0 heterocycles. The quantitative estimate of drug-likeness (QED) is 0.211. The summed E-state index contributed by atoms with van der Waals surface area (Å²) in [7, 11) is 0. The summed E-state index contributed by atoms with van der Waals surface area (Å²) in [6.45, 7) is 4.03. The van der Waals surface area contributed by atoms with Crippen molar-refractivity contribution in [2.24, 2.45) is 17.8 Å². The molecule has 2 aromatic carbocycles. The molecule has 0 unspecified atom stereocenters. The minimum absolute atomic E-state index is 0.0211. The van der Waals surface area contributed by atoms with E-state index in [1.807, 2.05) is 0 Å². The van der Waals surface area contributed by atoms with Crippen molar-refractivity contribution in [1.82, 2.24) is 0 Å². The Morgan fingerprint density at radius 3 is 1.47 bits per heavy atom. The molecule has 0 aromatic heterocycles. The lowest BCUT2D eigenvalue weighted by Crippen LogP contribution is -2.32. The van der Waals surface area contributed by atoms with Gasteiger partial charge in [0.1, 0.15) is 6.10 Å². The van der Waals surface area contributed by atoms with Crippen LogP contribution in [-0.4, -0.2) is 25.3 Å². The fraction of sp³-hybridized carbons (Fsp3) is 0.629. The number of rotatable bonds is 9. The number of benzene rings is 2. The topological polar surface area (TPSA) is 44.8 Å². The Labute approximate surface area is 252 Å². The Kier molecular flexibility index (Phi) is 10.6. The van der Waals surface area contributed by atoms with Crippen molar-refractivity contribution in [3.63, 3.8) is 0 Å². The summed E-state index contributed by atoms with van der Waals surface area (Å²) in [6, 6.07) is 6.33. The average Bonchev–Trinajstić information content (AvgIpc) is 3.03. The van der Waals surface area contributed by atoms with Gasteiger partial charge in [0.25, 0.3) is 0 Å². The van der Waals surface area contributed by atoms with E-state index in [0.717, 1.165) is 51.4 Å². The zero-order valence-corrected chi connectivity index (χ0v) is 25.3. The third-order valence-electron chi connectivity index (χ3n) is 10.1. The maximum Gasteiger partial charge on any atom is 0.309 e. The fourth-order valence-corrected chi connectivity index (χ4v) is 7.74. The van der Waals surface area contributed by atoms with Crippen LogP contribution >= 0.6 is 0 Å². The minimum atomic E-state index is -0.937. The molecule has 0 radical (unpaired) electrons. The van der Waals surface area contributed by atoms with Crippen molar-refractivity contribution in [2.75, 3.05) is 13.2 Å². The molecule has 0 bridgehead atoms. The Balaban J connectivity index is 1.04. The Hall–Kier alpha value is -2.77. The molecule has 236 valence electrons. The first-order valence-electron chi connectivity index (χ1n) is 16.2. The number of hydrogen-bond donors (Lipinski definition) is 0. The van der Waals surface area contributed by atoms with E-state index in [9.17, 15) is 22.4 Å². The van der Waals surface area contributed by atoms with Crippen molar-refractivity contribution < 1.29 is 36.6 Å². The van der Waals surface area contributed by atoms with Crippen LogP contribution < -0.4 is 9.47 Å². The second-order valence-electron chi connectivity index (χ2n) is 12.6. The second kappa shape index (κ2) is 14.3. The van der Waals surface area contributed by atoms with Gasteiger partial charge in [-0.2, -0.15) is 8.78 Å². The monoisotopic (exact) mass is 604 g/mol. The Bertz CT molecular complexity index is 1240. The predicted octanol–water partition coefficient (Wildman–Crippen LogP) is 9.39. The summed E-state index contributed by atoms with van der Waals surface area (Å²) in [5, 5.41) is 0. The van der Waals surface area contributed by atoms with E-state index >= 15 is 0 Å².